The van der Waals surface area contributed by atoms with Gasteiger partial charge in [-0.15, -0.1) is 0 Å². The van der Waals surface area contributed by atoms with Crippen LogP contribution in [0.1, 0.15) is 39.9 Å². The Kier molecular flexibility index (Phi) is 6.78. The number of nitrogens with one attached hydrogen (secondary N) is 1. The largest absolute Gasteiger partial charge is 0.481 e. The van der Waals surface area contributed by atoms with E-state index in [1.165, 1.54) is 5.56 Å². The second-order valence-corrected chi connectivity index (χ2v) is 10.9. The summed E-state index contributed by atoms with van der Waals surface area (Å²) in [5, 5.41) is 18.1. The summed E-state index contributed by atoms with van der Waals surface area (Å²) >= 11 is 0. The van der Waals surface area contributed by atoms with E-state index in [0.717, 1.165) is 24.0 Å². The van der Waals surface area contributed by atoms with Crippen molar-refractivity contribution in [3.8, 4) is 0 Å². The topological polar surface area (TPSA) is 116 Å². The molecule has 0 aromatic heterocycles. The van der Waals surface area contributed by atoms with Gasteiger partial charge in [-0.25, -0.2) is 8.42 Å². The zero-order valence-electron chi connectivity index (χ0n) is 18.2. The summed E-state index contributed by atoms with van der Waals surface area (Å²) in [4.78, 5) is 23.7. The zero-order valence-corrected chi connectivity index (χ0v) is 19.1. The fraction of sp³-hybridized carbons (Fsp3) is 0.375. The quantitative estimate of drug-likeness (QED) is 0.628. The van der Waals surface area contributed by atoms with E-state index in [0.29, 0.717) is 30.8 Å². The predicted molar refractivity (Wildman–Crippen MR) is 126 cm³/mol. The van der Waals surface area contributed by atoms with Gasteiger partial charge in [0.05, 0.1) is 30.8 Å². The van der Waals surface area contributed by atoms with Crippen LogP contribution in [-0.4, -0.2) is 61.2 Å². The molecule has 2 N–H and O–H groups in total. The summed E-state index contributed by atoms with van der Waals surface area (Å²) in [5.74, 6) is -0.633. The molecule has 8 nitrogen and oxygen atoms in total. The van der Waals surface area contributed by atoms with Crippen LogP contribution in [0.15, 0.2) is 47.6 Å². The number of fused-ring (bicyclic) bond motifs is 1. The molecule has 1 atom stereocenters. The van der Waals surface area contributed by atoms with Gasteiger partial charge >= 0.3 is 5.97 Å². The fourth-order valence-electron chi connectivity index (χ4n) is 4.22. The summed E-state index contributed by atoms with van der Waals surface area (Å²) in [5.41, 5.74) is 4.34. The van der Waals surface area contributed by atoms with Gasteiger partial charge < -0.3 is 10.4 Å². The Labute approximate surface area is 193 Å². The van der Waals surface area contributed by atoms with E-state index in [2.05, 4.69) is 10.4 Å². The summed E-state index contributed by atoms with van der Waals surface area (Å²) in [7, 11) is -2.94. The number of carbonyl (C=O) groups excluding carboxylic acids is 1. The maximum atomic E-state index is 12.7. The number of carboxylic acid groups (broad SMARTS) is 1. The molecule has 0 saturated carbocycles. The van der Waals surface area contributed by atoms with Gasteiger partial charge in [0.25, 0.3) is 5.91 Å². The lowest BCUT2D eigenvalue weighted by atomic mass is 9.82. The second-order valence-electron chi connectivity index (χ2n) is 8.62. The number of aliphatic carboxylic acids is 1. The van der Waals surface area contributed by atoms with Crippen LogP contribution in [0, 0.1) is 5.92 Å². The van der Waals surface area contributed by atoms with Gasteiger partial charge in [0.2, 0.25) is 0 Å². The second kappa shape index (κ2) is 9.74. The number of nitrogens with zero attached hydrogens (tertiary/aromatic N) is 2. The normalized spacial score (nSPS) is 19.8. The molecule has 0 bridgehead atoms. The first-order valence-corrected chi connectivity index (χ1v) is 12.8. The monoisotopic (exact) mass is 469 g/mol. The lowest BCUT2D eigenvalue weighted by Crippen LogP contribution is -2.37. The summed E-state index contributed by atoms with van der Waals surface area (Å²) in [6, 6.07) is 12.9. The fourth-order valence-corrected chi connectivity index (χ4v) is 5.40. The Morgan fingerprint density at radius 2 is 1.82 bits per heavy atom. The van der Waals surface area contributed by atoms with E-state index in [9.17, 15) is 18.0 Å². The highest BCUT2D eigenvalue weighted by Crippen LogP contribution is 2.29. The van der Waals surface area contributed by atoms with Gasteiger partial charge in [-0.3, -0.25) is 14.6 Å². The molecule has 1 aliphatic heterocycles. The number of benzene rings is 2. The van der Waals surface area contributed by atoms with Crippen molar-refractivity contribution in [3.63, 3.8) is 0 Å². The molecule has 1 aliphatic carbocycles. The lowest BCUT2D eigenvalue weighted by Gasteiger charge is -2.24. The number of hydrogen-bond donors (Lipinski definition) is 2. The minimum Gasteiger partial charge on any atom is -0.481 e. The molecule has 2 aliphatic rings. The molecule has 1 amide bonds. The Morgan fingerprint density at radius 3 is 2.52 bits per heavy atom. The molecular weight excluding hydrogens is 442 g/mol. The molecule has 1 fully saturated rings. The lowest BCUT2D eigenvalue weighted by molar-refractivity contribution is -0.138. The Hall–Kier alpha value is -3.20. The molecule has 1 heterocycles. The average Bonchev–Trinajstić information content (AvgIpc) is 2.78. The number of rotatable bonds is 6. The first-order valence-electron chi connectivity index (χ1n) is 11.0. The number of hydrazone groups is 1. The number of amides is 1. The third-order valence-corrected chi connectivity index (χ3v) is 7.73. The summed E-state index contributed by atoms with van der Waals surface area (Å²) in [6.07, 6.45) is 4.27. The minimum atomic E-state index is -2.94. The van der Waals surface area contributed by atoms with Gasteiger partial charge in [-0.05, 0) is 66.1 Å². The first kappa shape index (κ1) is 23.0. The number of carboxylic acids is 1. The van der Waals surface area contributed by atoms with Crippen molar-refractivity contribution in [2.75, 3.05) is 29.9 Å². The van der Waals surface area contributed by atoms with E-state index in [-0.39, 0.29) is 29.8 Å². The molecule has 174 valence electrons. The van der Waals surface area contributed by atoms with Crippen molar-refractivity contribution in [2.24, 2.45) is 11.0 Å². The van der Waals surface area contributed by atoms with Crippen molar-refractivity contribution < 1.29 is 23.1 Å². The van der Waals surface area contributed by atoms with Gasteiger partial charge in [-0.1, -0.05) is 18.2 Å². The van der Waals surface area contributed by atoms with Crippen molar-refractivity contribution in [2.45, 2.75) is 25.7 Å². The van der Waals surface area contributed by atoms with Gasteiger partial charge in [-0.2, -0.15) is 5.10 Å². The minimum absolute atomic E-state index is 0.117. The molecule has 0 radical (unpaired) electrons. The molecule has 1 unspecified atom stereocenters. The van der Waals surface area contributed by atoms with Crippen molar-refractivity contribution >= 4 is 33.6 Å². The van der Waals surface area contributed by atoms with Crippen LogP contribution in [0.3, 0.4) is 0 Å². The third-order valence-electron chi connectivity index (χ3n) is 6.12. The van der Waals surface area contributed by atoms with Crippen molar-refractivity contribution in [1.29, 1.82) is 0 Å². The van der Waals surface area contributed by atoms with E-state index in [1.54, 1.807) is 35.5 Å². The predicted octanol–water partition coefficient (Wildman–Crippen LogP) is 2.58. The standard InChI is InChI=1S/C24H27N3O5S/c28-23(29)14-18-3-4-19-7-8-22(15-21(19)13-18)26-24(30)20-5-1-17(2-6-20)16-25-27-9-11-33(31,32)12-10-27/h1-2,5-8,15-16,18H,3-4,9-14H2,(H,26,30)(H,28,29). The molecule has 2 aromatic rings. The molecule has 0 spiro atoms. The van der Waals surface area contributed by atoms with Crippen LogP contribution < -0.4 is 5.32 Å². The Morgan fingerprint density at radius 1 is 1.09 bits per heavy atom. The highest BCUT2D eigenvalue weighted by atomic mass is 32.2. The maximum Gasteiger partial charge on any atom is 0.303 e. The first-order chi connectivity index (χ1) is 15.8. The molecule has 9 heteroatoms. The molecule has 33 heavy (non-hydrogen) atoms. The van der Waals surface area contributed by atoms with E-state index >= 15 is 0 Å². The summed E-state index contributed by atoms with van der Waals surface area (Å²) < 4.78 is 23.0. The molecule has 2 aromatic carbocycles. The average molecular weight is 470 g/mol. The summed E-state index contributed by atoms with van der Waals surface area (Å²) in [6.45, 7) is 0.772. The van der Waals surface area contributed by atoms with Gasteiger partial charge in [0.1, 0.15) is 0 Å². The smallest absolute Gasteiger partial charge is 0.303 e. The van der Waals surface area contributed by atoms with Gasteiger partial charge in [0.15, 0.2) is 9.84 Å². The number of carbonyl (C=O) groups is 2. The Balaban J connectivity index is 1.35. The van der Waals surface area contributed by atoms with E-state index in [4.69, 9.17) is 5.11 Å². The SMILES string of the molecule is O=C(O)CC1CCc2ccc(NC(=O)c3ccc(C=NN4CCS(=O)(=O)CC4)cc3)cc2C1. The van der Waals surface area contributed by atoms with Crippen LogP contribution in [0.5, 0.6) is 0 Å². The molecular formula is C24H27N3O5S. The Bertz CT molecular complexity index is 1160. The van der Waals surface area contributed by atoms with Crippen LogP contribution in [0.4, 0.5) is 5.69 Å². The van der Waals surface area contributed by atoms with E-state index in [1.807, 2.05) is 18.2 Å². The molecule has 1 saturated heterocycles. The number of hydrogen-bond acceptors (Lipinski definition) is 6. The van der Waals surface area contributed by atoms with Crippen LogP contribution in [0.2, 0.25) is 0 Å². The van der Waals surface area contributed by atoms with Crippen LogP contribution in [0.25, 0.3) is 0 Å². The zero-order chi connectivity index (χ0) is 23.4. The number of sulfone groups is 1. The number of aryl methyl sites for hydroxylation is 1. The van der Waals surface area contributed by atoms with Gasteiger partial charge in [0, 0.05) is 17.7 Å². The molecule has 4 rings (SSSR count). The van der Waals surface area contributed by atoms with Crippen molar-refractivity contribution in [3.05, 3.63) is 64.7 Å². The van der Waals surface area contributed by atoms with Crippen molar-refractivity contribution in [1.82, 2.24) is 5.01 Å². The maximum absolute atomic E-state index is 12.7. The number of anilines is 1. The van der Waals surface area contributed by atoms with Crippen LogP contribution in [-0.2, 0) is 27.5 Å². The highest BCUT2D eigenvalue weighted by molar-refractivity contribution is 7.91. The highest BCUT2D eigenvalue weighted by Gasteiger charge is 2.22. The van der Waals surface area contributed by atoms with E-state index < -0.39 is 15.8 Å². The third kappa shape index (κ3) is 6.19. The van der Waals surface area contributed by atoms with Crippen LogP contribution >= 0.6 is 0 Å².